The van der Waals surface area contributed by atoms with E-state index in [1.54, 1.807) is 0 Å². The molecule has 0 amide bonds. The molecule has 2 aromatic rings. The van der Waals surface area contributed by atoms with E-state index in [1.165, 1.54) is 5.56 Å². The minimum Gasteiger partial charge on any atom is -0.312 e. The molecule has 2 rings (SSSR count). The zero-order chi connectivity index (χ0) is 13.7. The van der Waals surface area contributed by atoms with E-state index in [4.69, 9.17) is 23.2 Å². The lowest BCUT2D eigenvalue weighted by Crippen LogP contribution is -2.16. The van der Waals surface area contributed by atoms with Crippen LogP contribution in [0.4, 0.5) is 0 Å². The third-order valence-electron chi connectivity index (χ3n) is 2.83. The lowest BCUT2D eigenvalue weighted by Gasteiger charge is -2.07. The molecule has 0 aliphatic rings. The monoisotopic (exact) mass is 357 g/mol. The van der Waals surface area contributed by atoms with Crippen molar-refractivity contribution < 1.29 is 0 Å². The molecule has 100 valence electrons. The van der Waals surface area contributed by atoms with Gasteiger partial charge in [-0.3, -0.25) is 0 Å². The summed E-state index contributed by atoms with van der Waals surface area (Å²) in [5.41, 5.74) is 2.39. The standard InChI is InChI=1S/C15H14BrCl2N/c16-13-4-3-12(15(18)9-13)10-19-8-7-11-1-5-14(17)6-2-11/h1-6,9,19H,7-8,10H2. The number of hydrogen-bond acceptors (Lipinski definition) is 1. The summed E-state index contributed by atoms with van der Waals surface area (Å²) in [7, 11) is 0. The molecule has 0 unspecified atom stereocenters. The molecule has 2 aromatic carbocycles. The lowest BCUT2D eigenvalue weighted by molar-refractivity contribution is 0.687. The predicted octanol–water partition coefficient (Wildman–Crippen LogP) is 5.09. The average molecular weight is 359 g/mol. The Hall–Kier alpha value is -0.540. The maximum Gasteiger partial charge on any atom is 0.0462 e. The molecule has 0 aromatic heterocycles. The second kappa shape index (κ2) is 7.30. The quantitative estimate of drug-likeness (QED) is 0.734. The molecule has 0 atom stereocenters. The fraction of sp³-hybridized carbons (Fsp3) is 0.200. The molecule has 0 fully saturated rings. The molecule has 0 aliphatic heterocycles. The zero-order valence-corrected chi connectivity index (χ0v) is 13.4. The molecule has 0 heterocycles. The van der Waals surface area contributed by atoms with Gasteiger partial charge in [0.15, 0.2) is 0 Å². The van der Waals surface area contributed by atoms with Crippen LogP contribution in [0.25, 0.3) is 0 Å². The van der Waals surface area contributed by atoms with E-state index in [0.717, 1.165) is 39.6 Å². The Morgan fingerprint density at radius 1 is 1.00 bits per heavy atom. The molecule has 19 heavy (non-hydrogen) atoms. The van der Waals surface area contributed by atoms with Crippen LogP contribution in [0, 0.1) is 0 Å². The van der Waals surface area contributed by atoms with E-state index >= 15 is 0 Å². The summed E-state index contributed by atoms with van der Waals surface area (Å²) in [5, 5.41) is 4.95. The molecule has 0 saturated carbocycles. The third-order valence-corrected chi connectivity index (χ3v) is 3.93. The van der Waals surface area contributed by atoms with Crippen LogP contribution in [0.15, 0.2) is 46.9 Å². The van der Waals surface area contributed by atoms with Gasteiger partial charge in [0.2, 0.25) is 0 Å². The maximum absolute atomic E-state index is 6.16. The Balaban J connectivity index is 1.79. The number of benzene rings is 2. The van der Waals surface area contributed by atoms with Gasteiger partial charge >= 0.3 is 0 Å². The van der Waals surface area contributed by atoms with E-state index < -0.39 is 0 Å². The molecule has 0 radical (unpaired) electrons. The Kier molecular flexibility index (Phi) is 5.71. The van der Waals surface area contributed by atoms with Gasteiger partial charge in [-0.05, 0) is 48.4 Å². The van der Waals surface area contributed by atoms with Gasteiger partial charge in [0.25, 0.3) is 0 Å². The van der Waals surface area contributed by atoms with Crippen LogP contribution in [-0.4, -0.2) is 6.54 Å². The van der Waals surface area contributed by atoms with E-state index in [1.807, 2.05) is 30.3 Å². The van der Waals surface area contributed by atoms with Crippen LogP contribution < -0.4 is 5.32 Å². The highest BCUT2D eigenvalue weighted by Gasteiger charge is 2.00. The lowest BCUT2D eigenvalue weighted by atomic mass is 10.1. The molecular weight excluding hydrogens is 345 g/mol. The van der Waals surface area contributed by atoms with Gasteiger partial charge in [0.1, 0.15) is 0 Å². The van der Waals surface area contributed by atoms with Gasteiger partial charge in [0, 0.05) is 21.1 Å². The predicted molar refractivity (Wildman–Crippen MR) is 86.0 cm³/mol. The molecule has 1 nitrogen and oxygen atoms in total. The van der Waals surface area contributed by atoms with Crippen molar-refractivity contribution in [3.05, 3.63) is 68.1 Å². The van der Waals surface area contributed by atoms with Gasteiger partial charge in [-0.25, -0.2) is 0 Å². The second-order valence-corrected chi connectivity index (χ2v) is 6.05. The summed E-state index contributed by atoms with van der Waals surface area (Å²) in [4.78, 5) is 0. The summed E-state index contributed by atoms with van der Waals surface area (Å²) >= 11 is 15.4. The van der Waals surface area contributed by atoms with Crippen LogP contribution in [0.2, 0.25) is 10.0 Å². The fourth-order valence-electron chi connectivity index (χ4n) is 1.77. The fourth-order valence-corrected chi connectivity index (χ4v) is 2.64. The zero-order valence-electron chi connectivity index (χ0n) is 10.3. The highest BCUT2D eigenvalue weighted by atomic mass is 79.9. The van der Waals surface area contributed by atoms with Crippen LogP contribution in [0.5, 0.6) is 0 Å². The van der Waals surface area contributed by atoms with Crippen molar-refractivity contribution in [3.8, 4) is 0 Å². The smallest absolute Gasteiger partial charge is 0.0462 e. The Bertz CT molecular complexity index is 540. The number of nitrogens with one attached hydrogen (secondary N) is 1. The minimum atomic E-state index is 0.776. The summed E-state index contributed by atoms with van der Waals surface area (Å²) in [5.74, 6) is 0. The Labute approximate surface area is 132 Å². The SMILES string of the molecule is Clc1ccc(CCNCc2ccc(Br)cc2Cl)cc1. The topological polar surface area (TPSA) is 12.0 Å². The van der Waals surface area contributed by atoms with Gasteiger partial charge in [0.05, 0.1) is 0 Å². The van der Waals surface area contributed by atoms with Gasteiger partial charge in [-0.15, -0.1) is 0 Å². The molecule has 0 aliphatic carbocycles. The second-order valence-electron chi connectivity index (χ2n) is 4.29. The van der Waals surface area contributed by atoms with E-state index in [-0.39, 0.29) is 0 Å². The maximum atomic E-state index is 6.16. The number of halogens is 3. The van der Waals surface area contributed by atoms with Crippen LogP contribution in [0.1, 0.15) is 11.1 Å². The summed E-state index contributed by atoms with van der Waals surface area (Å²) < 4.78 is 1.00. The van der Waals surface area contributed by atoms with Crippen molar-refractivity contribution in [2.45, 2.75) is 13.0 Å². The van der Waals surface area contributed by atoms with E-state index in [0.29, 0.717) is 0 Å². The van der Waals surface area contributed by atoms with Crippen molar-refractivity contribution >= 4 is 39.1 Å². The molecule has 0 saturated heterocycles. The van der Waals surface area contributed by atoms with Gasteiger partial charge in [-0.1, -0.05) is 57.3 Å². The van der Waals surface area contributed by atoms with Crippen molar-refractivity contribution in [2.24, 2.45) is 0 Å². The van der Waals surface area contributed by atoms with E-state index in [2.05, 4.69) is 33.4 Å². The molecule has 4 heteroatoms. The van der Waals surface area contributed by atoms with Gasteiger partial charge in [-0.2, -0.15) is 0 Å². The van der Waals surface area contributed by atoms with Gasteiger partial charge < -0.3 is 5.32 Å². The van der Waals surface area contributed by atoms with Crippen molar-refractivity contribution in [1.29, 1.82) is 0 Å². The highest BCUT2D eigenvalue weighted by Crippen LogP contribution is 2.21. The summed E-state index contributed by atoms with van der Waals surface area (Å²) in [6, 6.07) is 13.9. The van der Waals surface area contributed by atoms with E-state index in [9.17, 15) is 0 Å². The minimum absolute atomic E-state index is 0.776. The molecule has 0 bridgehead atoms. The third kappa shape index (κ3) is 4.81. The Morgan fingerprint density at radius 2 is 1.74 bits per heavy atom. The van der Waals surface area contributed by atoms with Crippen molar-refractivity contribution in [2.75, 3.05) is 6.54 Å². The summed E-state index contributed by atoms with van der Waals surface area (Å²) in [6.07, 6.45) is 0.977. The first kappa shape index (κ1) is 14.9. The van der Waals surface area contributed by atoms with Crippen LogP contribution >= 0.6 is 39.1 Å². The average Bonchev–Trinajstić information content (AvgIpc) is 2.39. The highest BCUT2D eigenvalue weighted by molar-refractivity contribution is 9.10. The first-order valence-electron chi connectivity index (χ1n) is 6.04. The number of hydrogen-bond donors (Lipinski definition) is 1. The van der Waals surface area contributed by atoms with Crippen molar-refractivity contribution in [3.63, 3.8) is 0 Å². The first-order valence-corrected chi connectivity index (χ1v) is 7.59. The molecule has 1 N–H and O–H groups in total. The molecule has 0 spiro atoms. The Morgan fingerprint density at radius 3 is 2.42 bits per heavy atom. The largest absolute Gasteiger partial charge is 0.312 e. The summed E-state index contributed by atoms with van der Waals surface area (Å²) in [6.45, 7) is 1.69. The van der Waals surface area contributed by atoms with Crippen LogP contribution in [0.3, 0.4) is 0 Å². The first-order chi connectivity index (χ1) is 9.15. The normalized spacial score (nSPS) is 10.7. The molecular formula is C15H14BrCl2N. The number of rotatable bonds is 5. The van der Waals surface area contributed by atoms with Crippen LogP contribution in [-0.2, 0) is 13.0 Å². The van der Waals surface area contributed by atoms with Crippen molar-refractivity contribution in [1.82, 2.24) is 5.32 Å².